The summed E-state index contributed by atoms with van der Waals surface area (Å²) in [5.41, 5.74) is 0.981. The van der Waals surface area contributed by atoms with Crippen molar-refractivity contribution in [2.75, 3.05) is 6.61 Å². The summed E-state index contributed by atoms with van der Waals surface area (Å²) >= 11 is 6.81. The second-order valence-electron chi connectivity index (χ2n) is 7.96. The van der Waals surface area contributed by atoms with Crippen molar-refractivity contribution in [1.29, 1.82) is 0 Å². The average Bonchev–Trinajstić information content (AvgIpc) is 2.80. The first-order valence-electron chi connectivity index (χ1n) is 10.7. The number of rotatable bonds is 7. The summed E-state index contributed by atoms with van der Waals surface area (Å²) in [5, 5.41) is 19.7. The van der Waals surface area contributed by atoms with Crippen LogP contribution in [0.15, 0.2) is 73.0 Å². The van der Waals surface area contributed by atoms with Gasteiger partial charge in [-0.1, -0.05) is 46.3 Å². The molecule has 3 atom stereocenters. The predicted molar refractivity (Wildman–Crippen MR) is 133 cm³/mol. The number of fused-ring (bicyclic) bond motifs is 1. The van der Waals surface area contributed by atoms with Gasteiger partial charge in [0.05, 0.1) is 28.1 Å². The Labute approximate surface area is 212 Å². The smallest absolute Gasteiger partial charge is 0.303 e. The van der Waals surface area contributed by atoms with Gasteiger partial charge in [-0.2, -0.15) is 0 Å². The second kappa shape index (κ2) is 10.9. The highest BCUT2D eigenvalue weighted by Gasteiger charge is 2.36. The number of aromatic hydroxyl groups is 1. The van der Waals surface area contributed by atoms with Crippen molar-refractivity contribution in [3.05, 3.63) is 85.1 Å². The van der Waals surface area contributed by atoms with Gasteiger partial charge in [0.2, 0.25) is 5.43 Å². The normalized spacial score (nSPS) is 20.7. The molecule has 0 saturated carbocycles. The van der Waals surface area contributed by atoms with E-state index in [4.69, 9.17) is 19.0 Å². The standard InChI is InChI=1S/C25H22Br2O7/c26-15-10-17-22(31)18(13-32-24(17)19(27)11-15)25-33-12-14(6-2-1-3-9-21(29)30)23(34-25)16-7-4-5-8-20(16)28/h1-2,4-5,7-8,10-11,13-14,23,25,28H,3,6,9,12H2,(H,29,30)/t14-,23+,25?/m1/s1. The Bertz CT molecular complexity index is 1280. The zero-order valence-corrected chi connectivity index (χ0v) is 21.1. The van der Waals surface area contributed by atoms with Crippen LogP contribution >= 0.6 is 31.9 Å². The SMILES string of the molecule is O=C(O)CCC=CC[C@@H]1COC(c2coc3c(Br)cc(Br)cc3c2=O)O[C@@H]1c1ccccc1O. The Morgan fingerprint density at radius 3 is 2.71 bits per heavy atom. The third kappa shape index (κ3) is 5.43. The Hall–Kier alpha value is -2.46. The van der Waals surface area contributed by atoms with E-state index in [0.29, 0.717) is 33.8 Å². The fourth-order valence-electron chi connectivity index (χ4n) is 3.93. The minimum atomic E-state index is -0.977. The van der Waals surface area contributed by atoms with Crippen molar-refractivity contribution in [3.63, 3.8) is 0 Å². The fourth-order valence-corrected chi connectivity index (χ4v) is 5.25. The van der Waals surface area contributed by atoms with Crippen molar-refractivity contribution in [2.24, 2.45) is 5.92 Å². The summed E-state index contributed by atoms with van der Waals surface area (Å²) in [5.74, 6) is -0.912. The van der Waals surface area contributed by atoms with Crippen LogP contribution in [-0.4, -0.2) is 22.8 Å². The van der Waals surface area contributed by atoms with E-state index >= 15 is 0 Å². The fraction of sp³-hybridized carbons (Fsp3) is 0.280. The predicted octanol–water partition coefficient (Wildman–Crippen LogP) is 6.24. The van der Waals surface area contributed by atoms with Crippen molar-refractivity contribution in [2.45, 2.75) is 31.7 Å². The molecule has 1 aliphatic rings. The summed E-state index contributed by atoms with van der Waals surface area (Å²) in [4.78, 5) is 24.0. The minimum absolute atomic E-state index is 0.0586. The molecule has 1 saturated heterocycles. The lowest BCUT2D eigenvalue weighted by Gasteiger charge is -2.36. The quantitative estimate of drug-likeness (QED) is 0.312. The van der Waals surface area contributed by atoms with Gasteiger partial charge in [-0.25, -0.2) is 0 Å². The molecule has 1 fully saturated rings. The lowest BCUT2D eigenvalue weighted by molar-refractivity contribution is -0.244. The molecule has 0 aliphatic carbocycles. The van der Waals surface area contributed by atoms with Crippen molar-refractivity contribution >= 4 is 48.8 Å². The molecule has 0 radical (unpaired) electrons. The number of halogens is 2. The first kappa shape index (κ1) is 24.7. The van der Waals surface area contributed by atoms with Crippen LogP contribution in [0.3, 0.4) is 0 Å². The molecule has 2 heterocycles. The van der Waals surface area contributed by atoms with Crippen LogP contribution in [0.2, 0.25) is 0 Å². The van der Waals surface area contributed by atoms with E-state index in [0.717, 1.165) is 4.47 Å². The van der Waals surface area contributed by atoms with E-state index in [-0.39, 0.29) is 35.7 Å². The van der Waals surface area contributed by atoms with Crippen LogP contribution in [-0.2, 0) is 14.3 Å². The molecule has 34 heavy (non-hydrogen) atoms. The molecule has 178 valence electrons. The lowest BCUT2D eigenvalue weighted by atomic mass is 9.91. The van der Waals surface area contributed by atoms with Crippen LogP contribution < -0.4 is 5.43 Å². The van der Waals surface area contributed by atoms with Gasteiger partial charge in [0.25, 0.3) is 0 Å². The van der Waals surface area contributed by atoms with Gasteiger partial charge in [0.15, 0.2) is 11.9 Å². The lowest BCUT2D eigenvalue weighted by Crippen LogP contribution is -2.32. The molecule has 9 heteroatoms. The number of phenolic OH excluding ortho intramolecular Hbond substituents is 1. The molecule has 1 aromatic heterocycles. The minimum Gasteiger partial charge on any atom is -0.508 e. The summed E-state index contributed by atoms with van der Waals surface area (Å²) < 4.78 is 19.3. The molecule has 3 aromatic rings. The molecular weight excluding hydrogens is 572 g/mol. The summed E-state index contributed by atoms with van der Waals surface area (Å²) in [7, 11) is 0. The summed E-state index contributed by atoms with van der Waals surface area (Å²) in [6, 6.07) is 10.4. The zero-order chi connectivity index (χ0) is 24.2. The highest BCUT2D eigenvalue weighted by atomic mass is 79.9. The maximum Gasteiger partial charge on any atom is 0.303 e. The number of hydrogen-bond donors (Lipinski definition) is 2. The van der Waals surface area contributed by atoms with E-state index in [1.54, 1.807) is 30.3 Å². The molecule has 0 spiro atoms. The summed E-state index contributed by atoms with van der Waals surface area (Å²) in [6.45, 7) is 0.270. The van der Waals surface area contributed by atoms with Gasteiger partial charge in [-0.3, -0.25) is 9.59 Å². The molecule has 2 N–H and O–H groups in total. The number of allylic oxidation sites excluding steroid dienone is 2. The van der Waals surface area contributed by atoms with Crippen LogP contribution in [0.5, 0.6) is 5.75 Å². The molecule has 1 aliphatic heterocycles. The monoisotopic (exact) mass is 592 g/mol. The Morgan fingerprint density at radius 2 is 1.94 bits per heavy atom. The Kier molecular flexibility index (Phi) is 7.88. The number of benzene rings is 2. The third-order valence-electron chi connectivity index (χ3n) is 5.61. The maximum absolute atomic E-state index is 13.3. The number of hydrogen-bond acceptors (Lipinski definition) is 6. The van der Waals surface area contributed by atoms with Gasteiger partial charge < -0.3 is 24.1 Å². The average molecular weight is 594 g/mol. The van der Waals surface area contributed by atoms with E-state index in [1.807, 2.05) is 18.2 Å². The number of ether oxygens (including phenoxy) is 2. The van der Waals surface area contributed by atoms with Gasteiger partial charge in [-0.05, 0) is 47.0 Å². The summed E-state index contributed by atoms with van der Waals surface area (Å²) in [6.07, 6.45) is 4.58. The molecular formula is C25H22Br2O7. The number of phenols is 1. The topological polar surface area (TPSA) is 106 Å². The zero-order valence-electron chi connectivity index (χ0n) is 17.9. The van der Waals surface area contributed by atoms with Gasteiger partial charge in [0, 0.05) is 22.4 Å². The molecule has 7 nitrogen and oxygen atoms in total. The number of carboxylic acid groups (broad SMARTS) is 1. The highest BCUT2D eigenvalue weighted by molar-refractivity contribution is 9.11. The van der Waals surface area contributed by atoms with E-state index in [9.17, 15) is 14.7 Å². The van der Waals surface area contributed by atoms with Crippen LogP contribution in [0.25, 0.3) is 11.0 Å². The molecule has 1 unspecified atom stereocenters. The number of para-hydroxylation sites is 1. The van der Waals surface area contributed by atoms with Gasteiger partial charge in [0.1, 0.15) is 12.0 Å². The highest BCUT2D eigenvalue weighted by Crippen LogP contribution is 2.42. The number of carboxylic acids is 1. The van der Waals surface area contributed by atoms with E-state index in [1.165, 1.54) is 6.26 Å². The second-order valence-corrected chi connectivity index (χ2v) is 9.73. The maximum atomic E-state index is 13.3. The number of aliphatic carboxylic acids is 1. The molecule has 0 amide bonds. The first-order chi connectivity index (χ1) is 16.3. The first-order valence-corrected chi connectivity index (χ1v) is 12.3. The van der Waals surface area contributed by atoms with Crippen molar-refractivity contribution in [3.8, 4) is 5.75 Å². The third-order valence-corrected chi connectivity index (χ3v) is 6.65. The largest absolute Gasteiger partial charge is 0.508 e. The van der Waals surface area contributed by atoms with Gasteiger partial charge in [-0.15, -0.1) is 0 Å². The van der Waals surface area contributed by atoms with Crippen molar-refractivity contribution in [1.82, 2.24) is 0 Å². The van der Waals surface area contributed by atoms with Crippen LogP contribution in [0.1, 0.15) is 42.8 Å². The van der Waals surface area contributed by atoms with Crippen molar-refractivity contribution < 1.29 is 28.9 Å². The Balaban J connectivity index is 1.63. The molecule has 4 rings (SSSR count). The molecule has 0 bridgehead atoms. The van der Waals surface area contributed by atoms with Gasteiger partial charge >= 0.3 is 5.97 Å². The van der Waals surface area contributed by atoms with E-state index < -0.39 is 18.4 Å². The number of carbonyl (C=O) groups is 1. The Morgan fingerprint density at radius 1 is 1.15 bits per heavy atom. The molecule has 2 aromatic carbocycles. The van der Waals surface area contributed by atoms with E-state index in [2.05, 4.69) is 31.9 Å². The van der Waals surface area contributed by atoms with Crippen LogP contribution in [0.4, 0.5) is 0 Å². The van der Waals surface area contributed by atoms with Crippen LogP contribution in [0, 0.1) is 5.92 Å².